The van der Waals surface area contributed by atoms with E-state index in [1.807, 2.05) is 0 Å². The first-order valence-corrected chi connectivity index (χ1v) is 6.27. The van der Waals surface area contributed by atoms with Crippen LogP contribution in [-0.2, 0) is 11.3 Å². The average Bonchev–Trinajstić information content (AvgIpc) is 2.76. The second kappa shape index (κ2) is 7.47. The number of hydrogen-bond acceptors (Lipinski definition) is 2. The van der Waals surface area contributed by atoms with Crippen molar-refractivity contribution >= 4 is 0 Å². The first-order valence-electron chi connectivity index (χ1n) is 6.27. The molecule has 0 aliphatic heterocycles. The van der Waals surface area contributed by atoms with E-state index < -0.39 is 0 Å². The molecule has 0 fully saturated rings. The molecule has 0 aromatic carbocycles. The lowest BCUT2D eigenvalue weighted by Crippen LogP contribution is -2.08. The molecule has 1 atom stereocenters. The fourth-order valence-electron chi connectivity index (χ4n) is 1.57. The van der Waals surface area contributed by atoms with Crippen LogP contribution in [0.25, 0.3) is 0 Å². The van der Waals surface area contributed by atoms with Gasteiger partial charge in [-0.1, -0.05) is 20.3 Å². The summed E-state index contributed by atoms with van der Waals surface area (Å²) in [6.45, 7) is 6.86. The lowest BCUT2D eigenvalue weighted by Gasteiger charge is -2.06. The van der Waals surface area contributed by atoms with E-state index in [2.05, 4.69) is 36.9 Å². The van der Waals surface area contributed by atoms with Gasteiger partial charge in [-0.3, -0.25) is 0 Å². The topological polar surface area (TPSA) is 40.2 Å². The van der Waals surface area contributed by atoms with E-state index in [9.17, 15) is 0 Å². The van der Waals surface area contributed by atoms with Gasteiger partial charge in [0, 0.05) is 31.6 Å². The molecule has 2 N–H and O–H groups in total. The number of rotatable bonds is 8. The highest BCUT2D eigenvalue weighted by molar-refractivity contribution is 5.14. The molecule has 0 saturated heterocycles. The van der Waals surface area contributed by atoms with Gasteiger partial charge in [-0.2, -0.15) is 0 Å². The van der Waals surface area contributed by atoms with Crippen molar-refractivity contribution in [3.63, 3.8) is 0 Å². The molecule has 0 aliphatic carbocycles. The SMILES string of the molecule is CCCCOCCn1ccc(C(N)CC)c1. The molecule has 0 saturated carbocycles. The summed E-state index contributed by atoms with van der Waals surface area (Å²) >= 11 is 0. The van der Waals surface area contributed by atoms with E-state index >= 15 is 0 Å². The molecule has 1 aromatic heterocycles. The maximum atomic E-state index is 5.96. The van der Waals surface area contributed by atoms with Crippen LogP contribution in [0, 0.1) is 0 Å². The van der Waals surface area contributed by atoms with Gasteiger partial charge in [0.15, 0.2) is 0 Å². The van der Waals surface area contributed by atoms with Crippen LogP contribution >= 0.6 is 0 Å². The standard InChI is InChI=1S/C13H24N2O/c1-3-5-9-16-10-8-15-7-6-12(11-15)13(14)4-2/h6-7,11,13H,3-5,8-10,14H2,1-2H3. The van der Waals surface area contributed by atoms with Crippen molar-refractivity contribution in [2.24, 2.45) is 5.73 Å². The van der Waals surface area contributed by atoms with Gasteiger partial charge in [0.1, 0.15) is 0 Å². The summed E-state index contributed by atoms with van der Waals surface area (Å²) < 4.78 is 7.67. The Morgan fingerprint density at radius 2 is 2.19 bits per heavy atom. The van der Waals surface area contributed by atoms with Gasteiger partial charge in [-0.15, -0.1) is 0 Å². The minimum atomic E-state index is 0.169. The summed E-state index contributed by atoms with van der Waals surface area (Å²) in [4.78, 5) is 0. The zero-order chi connectivity index (χ0) is 11.8. The Labute approximate surface area is 98.6 Å². The maximum Gasteiger partial charge on any atom is 0.0645 e. The molecule has 1 heterocycles. The predicted octanol–water partition coefficient (Wildman–Crippen LogP) is 2.71. The van der Waals surface area contributed by atoms with Gasteiger partial charge in [-0.05, 0) is 24.5 Å². The Balaban J connectivity index is 2.24. The number of unbranched alkanes of at least 4 members (excludes halogenated alkanes) is 1. The van der Waals surface area contributed by atoms with Crippen LogP contribution in [0.1, 0.15) is 44.7 Å². The second-order valence-corrected chi connectivity index (χ2v) is 4.16. The quantitative estimate of drug-likeness (QED) is 0.690. The highest BCUT2D eigenvalue weighted by Gasteiger charge is 2.04. The summed E-state index contributed by atoms with van der Waals surface area (Å²) in [7, 11) is 0. The summed E-state index contributed by atoms with van der Waals surface area (Å²) in [5, 5.41) is 0. The lowest BCUT2D eigenvalue weighted by atomic mass is 10.1. The number of nitrogens with two attached hydrogens (primary N) is 1. The van der Waals surface area contributed by atoms with Crippen LogP contribution in [0.2, 0.25) is 0 Å². The predicted molar refractivity (Wildman–Crippen MR) is 67.4 cm³/mol. The van der Waals surface area contributed by atoms with Gasteiger partial charge in [0.2, 0.25) is 0 Å². The summed E-state index contributed by atoms with van der Waals surface area (Å²) in [6.07, 6.45) is 7.53. The zero-order valence-electron chi connectivity index (χ0n) is 10.5. The average molecular weight is 224 g/mol. The number of ether oxygens (including phenoxy) is 1. The molecule has 3 nitrogen and oxygen atoms in total. The summed E-state index contributed by atoms with van der Waals surface area (Å²) in [6, 6.07) is 2.27. The highest BCUT2D eigenvalue weighted by Crippen LogP contribution is 2.13. The maximum absolute atomic E-state index is 5.96. The van der Waals surface area contributed by atoms with E-state index in [-0.39, 0.29) is 6.04 Å². The van der Waals surface area contributed by atoms with Gasteiger partial charge in [0.05, 0.1) is 6.61 Å². The highest BCUT2D eigenvalue weighted by atomic mass is 16.5. The Morgan fingerprint density at radius 3 is 2.88 bits per heavy atom. The third-order valence-corrected chi connectivity index (χ3v) is 2.78. The van der Waals surface area contributed by atoms with Crippen molar-refractivity contribution in [2.75, 3.05) is 13.2 Å². The van der Waals surface area contributed by atoms with Crippen molar-refractivity contribution < 1.29 is 4.74 Å². The molecule has 0 bridgehead atoms. The molecule has 1 aromatic rings. The Kier molecular flexibility index (Phi) is 6.19. The number of hydrogen-bond donors (Lipinski definition) is 1. The minimum absolute atomic E-state index is 0.169. The summed E-state index contributed by atoms with van der Waals surface area (Å²) in [5.41, 5.74) is 7.18. The summed E-state index contributed by atoms with van der Waals surface area (Å²) in [5.74, 6) is 0. The monoisotopic (exact) mass is 224 g/mol. The third-order valence-electron chi connectivity index (χ3n) is 2.78. The first kappa shape index (κ1) is 13.3. The molecule has 0 aliphatic rings. The van der Waals surface area contributed by atoms with Crippen molar-refractivity contribution in [3.8, 4) is 0 Å². The molecular formula is C13H24N2O. The van der Waals surface area contributed by atoms with Crippen molar-refractivity contribution in [3.05, 3.63) is 24.0 Å². The van der Waals surface area contributed by atoms with Gasteiger partial charge in [-0.25, -0.2) is 0 Å². The van der Waals surface area contributed by atoms with Crippen LogP contribution < -0.4 is 5.73 Å². The van der Waals surface area contributed by atoms with E-state index in [4.69, 9.17) is 10.5 Å². The van der Waals surface area contributed by atoms with E-state index in [1.54, 1.807) is 0 Å². The second-order valence-electron chi connectivity index (χ2n) is 4.16. The van der Waals surface area contributed by atoms with Gasteiger partial charge < -0.3 is 15.0 Å². The third kappa shape index (κ3) is 4.37. The normalized spacial score (nSPS) is 12.9. The van der Waals surface area contributed by atoms with Gasteiger partial charge in [0.25, 0.3) is 0 Å². The molecule has 0 radical (unpaired) electrons. The van der Waals surface area contributed by atoms with Crippen LogP contribution in [0.4, 0.5) is 0 Å². The Hall–Kier alpha value is -0.800. The fourth-order valence-corrected chi connectivity index (χ4v) is 1.57. The molecule has 16 heavy (non-hydrogen) atoms. The zero-order valence-corrected chi connectivity index (χ0v) is 10.5. The number of nitrogens with zero attached hydrogens (tertiary/aromatic N) is 1. The fraction of sp³-hybridized carbons (Fsp3) is 0.692. The first-order chi connectivity index (χ1) is 7.77. The van der Waals surface area contributed by atoms with Crippen LogP contribution in [0.3, 0.4) is 0 Å². The Bertz CT molecular complexity index is 283. The Morgan fingerprint density at radius 1 is 1.38 bits per heavy atom. The number of aromatic nitrogens is 1. The van der Waals surface area contributed by atoms with E-state index in [1.165, 1.54) is 12.0 Å². The van der Waals surface area contributed by atoms with E-state index in [0.717, 1.165) is 32.6 Å². The molecule has 92 valence electrons. The van der Waals surface area contributed by atoms with Crippen molar-refractivity contribution in [1.29, 1.82) is 0 Å². The van der Waals surface area contributed by atoms with Crippen LogP contribution in [0.5, 0.6) is 0 Å². The van der Waals surface area contributed by atoms with E-state index in [0.29, 0.717) is 0 Å². The van der Waals surface area contributed by atoms with Crippen molar-refractivity contribution in [1.82, 2.24) is 4.57 Å². The molecule has 3 heteroatoms. The minimum Gasteiger partial charge on any atom is -0.380 e. The molecule has 0 spiro atoms. The molecule has 1 unspecified atom stereocenters. The molecule has 0 amide bonds. The molecule has 1 rings (SSSR count). The van der Waals surface area contributed by atoms with Crippen LogP contribution in [-0.4, -0.2) is 17.8 Å². The smallest absolute Gasteiger partial charge is 0.0645 e. The van der Waals surface area contributed by atoms with Gasteiger partial charge >= 0.3 is 0 Å². The lowest BCUT2D eigenvalue weighted by molar-refractivity contribution is 0.123. The van der Waals surface area contributed by atoms with Crippen LogP contribution in [0.15, 0.2) is 18.5 Å². The van der Waals surface area contributed by atoms with Crippen molar-refractivity contribution in [2.45, 2.75) is 45.7 Å². The largest absolute Gasteiger partial charge is 0.380 e. The molecular weight excluding hydrogens is 200 g/mol.